The van der Waals surface area contributed by atoms with Gasteiger partial charge in [0.1, 0.15) is 22.5 Å². The predicted octanol–water partition coefficient (Wildman–Crippen LogP) is 1.99. The number of hydrogen-bond acceptors (Lipinski definition) is 7. The second-order valence-corrected chi connectivity index (χ2v) is 4.65. The third-order valence-corrected chi connectivity index (χ3v) is 3.17. The minimum absolute atomic E-state index is 0. The number of fused-ring (bicyclic) bond motifs is 1. The Kier molecular flexibility index (Phi) is 4.21. The minimum atomic E-state index is -0.888. The van der Waals surface area contributed by atoms with Crippen LogP contribution in [0.25, 0.3) is 22.3 Å². The fraction of sp³-hybridized carbons (Fsp3) is 0. The van der Waals surface area contributed by atoms with Gasteiger partial charge in [-0.3, -0.25) is 4.79 Å². The Morgan fingerprint density at radius 3 is 2.17 bits per heavy atom. The van der Waals surface area contributed by atoms with Crippen LogP contribution < -0.4 is 5.43 Å². The van der Waals surface area contributed by atoms with Gasteiger partial charge in [-0.2, -0.15) is 0 Å². The van der Waals surface area contributed by atoms with Gasteiger partial charge in [-0.25, -0.2) is 0 Å². The topological polar surface area (TPSA) is 131 Å². The molecule has 0 amide bonds. The zero-order chi connectivity index (χ0) is 16.0. The van der Waals surface area contributed by atoms with Crippen LogP contribution in [0.5, 0.6) is 28.7 Å². The Bertz CT molecular complexity index is 962. The van der Waals surface area contributed by atoms with Gasteiger partial charge >= 0.3 is 0 Å². The molecule has 7 nitrogen and oxygen atoms in total. The van der Waals surface area contributed by atoms with E-state index in [1.165, 1.54) is 6.07 Å². The second-order valence-electron chi connectivity index (χ2n) is 4.65. The molecule has 3 rings (SSSR count). The normalized spacial score (nSPS) is 10.4. The largest absolute Gasteiger partial charge is 0.508 e. The van der Waals surface area contributed by atoms with E-state index in [0.717, 1.165) is 24.3 Å². The van der Waals surface area contributed by atoms with Gasteiger partial charge in [0.25, 0.3) is 0 Å². The number of phenols is 4. The fourth-order valence-electron chi connectivity index (χ4n) is 2.14. The van der Waals surface area contributed by atoms with Crippen LogP contribution in [0.2, 0.25) is 0 Å². The molecule has 0 radical (unpaired) electrons. The molecule has 0 bridgehead atoms. The Hall–Kier alpha value is -2.73. The molecule has 5 N–H and O–H groups in total. The van der Waals surface area contributed by atoms with E-state index in [-0.39, 0.29) is 53.3 Å². The molecule has 0 aliphatic carbocycles. The maximum absolute atomic E-state index is 12.1. The van der Waals surface area contributed by atoms with Crippen molar-refractivity contribution in [2.24, 2.45) is 0 Å². The molecule has 2 aromatic carbocycles. The maximum atomic E-state index is 12.1. The zero-order valence-corrected chi connectivity index (χ0v) is 14.6. The van der Waals surface area contributed by atoms with Crippen LogP contribution in [-0.2, 0) is 19.5 Å². The molecule has 8 heteroatoms. The molecule has 0 aliphatic rings. The molecule has 0 saturated carbocycles. The molecule has 114 valence electrons. The Morgan fingerprint density at radius 2 is 1.52 bits per heavy atom. The van der Waals surface area contributed by atoms with Gasteiger partial charge in [0.05, 0.1) is 0 Å². The second kappa shape index (κ2) is 5.81. The standard InChI is InChI=1S/C15H10O7.Zn/c16-7-4-10(19)12-11(5-7)22-15(14(21)13(12)20)6-1-2-8(17)9(18)3-6;/h1-5,16-19,21H;. The maximum Gasteiger partial charge on any atom is 0.238 e. The Balaban J connectivity index is 0.00000192. The van der Waals surface area contributed by atoms with Gasteiger partial charge in [0.15, 0.2) is 17.3 Å². The van der Waals surface area contributed by atoms with Crippen molar-refractivity contribution in [3.05, 3.63) is 40.6 Å². The number of hydrogen-bond donors (Lipinski definition) is 5. The summed E-state index contributed by atoms with van der Waals surface area (Å²) in [6.45, 7) is 0. The third kappa shape index (κ3) is 2.69. The fourth-order valence-corrected chi connectivity index (χ4v) is 2.14. The summed E-state index contributed by atoms with van der Waals surface area (Å²) in [5.74, 6) is -2.71. The van der Waals surface area contributed by atoms with E-state index in [4.69, 9.17) is 4.42 Å². The van der Waals surface area contributed by atoms with Crippen molar-refractivity contribution in [1.29, 1.82) is 0 Å². The first kappa shape index (κ1) is 16.6. The van der Waals surface area contributed by atoms with Crippen molar-refractivity contribution in [2.75, 3.05) is 0 Å². The van der Waals surface area contributed by atoms with Crippen molar-refractivity contribution in [3.63, 3.8) is 0 Å². The number of rotatable bonds is 1. The molecule has 0 unspecified atom stereocenters. The summed E-state index contributed by atoms with van der Waals surface area (Å²) >= 11 is 0. The SMILES string of the molecule is O=c1c(O)c(-c2ccc(O)c(O)c2)oc2cc(O)cc(O)c12.[Zn]. The van der Waals surface area contributed by atoms with Crippen LogP contribution >= 0.6 is 0 Å². The van der Waals surface area contributed by atoms with Crippen molar-refractivity contribution in [2.45, 2.75) is 0 Å². The zero-order valence-electron chi connectivity index (χ0n) is 11.6. The summed E-state index contributed by atoms with van der Waals surface area (Å²) in [6, 6.07) is 5.64. The number of aromatic hydroxyl groups is 5. The van der Waals surface area contributed by atoms with E-state index in [1.807, 2.05) is 0 Å². The molecule has 3 aromatic rings. The number of benzene rings is 2. The van der Waals surface area contributed by atoms with Crippen molar-refractivity contribution < 1.29 is 49.4 Å². The number of phenolic OH excluding ortho intramolecular Hbond substituents is 4. The summed E-state index contributed by atoms with van der Waals surface area (Å²) in [6.07, 6.45) is 0. The van der Waals surface area contributed by atoms with Crippen LogP contribution in [0.3, 0.4) is 0 Å². The predicted molar refractivity (Wildman–Crippen MR) is 76.2 cm³/mol. The van der Waals surface area contributed by atoms with Crippen LogP contribution in [0.1, 0.15) is 0 Å². The summed E-state index contributed by atoms with van der Waals surface area (Å²) in [4.78, 5) is 12.1. The van der Waals surface area contributed by atoms with E-state index >= 15 is 0 Å². The Morgan fingerprint density at radius 1 is 0.826 bits per heavy atom. The van der Waals surface area contributed by atoms with E-state index < -0.39 is 22.7 Å². The van der Waals surface area contributed by atoms with E-state index in [1.54, 1.807) is 0 Å². The van der Waals surface area contributed by atoms with Crippen LogP contribution in [0.15, 0.2) is 39.5 Å². The smallest absolute Gasteiger partial charge is 0.238 e. The van der Waals surface area contributed by atoms with Gasteiger partial charge in [0, 0.05) is 37.2 Å². The first-order valence-electron chi connectivity index (χ1n) is 6.12. The molecular formula is C15H10O7Zn. The van der Waals surface area contributed by atoms with Gasteiger partial charge in [-0.1, -0.05) is 0 Å². The van der Waals surface area contributed by atoms with Gasteiger partial charge in [-0.15, -0.1) is 0 Å². The summed E-state index contributed by atoms with van der Waals surface area (Å²) in [7, 11) is 0. The monoisotopic (exact) mass is 366 g/mol. The summed E-state index contributed by atoms with van der Waals surface area (Å²) < 4.78 is 5.35. The van der Waals surface area contributed by atoms with Gasteiger partial charge in [-0.05, 0) is 18.2 Å². The average Bonchev–Trinajstić information content (AvgIpc) is 2.45. The van der Waals surface area contributed by atoms with Gasteiger partial charge in [0.2, 0.25) is 11.2 Å². The summed E-state index contributed by atoms with van der Waals surface area (Å²) in [5.41, 5.74) is -0.890. The van der Waals surface area contributed by atoms with Crippen molar-refractivity contribution in [3.8, 4) is 40.1 Å². The first-order chi connectivity index (χ1) is 10.4. The molecule has 0 saturated heterocycles. The average molecular weight is 368 g/mol. The Labute approximate surface area is 141 Å². The van der Waals surface area contributed by atoms with Crippen LogP contribution in [-0.4, -0.2) is 25.5 Å². The third-order valence-electron chi connectivity index (χ3n) is 3.17. The molecule has 0 spiro atoms. The van der Waals surface area contributed by atoms with Crippen LogP contribution in [0, 0.1) is 0 Å². The summed E-state index contributed by atoms with van der Waals surface area (Å²) in [5, 5.41) is 47.6. The molecule has 0 fully saturated rings. The minimum Gasteiger partial charge on any atom is -0.508 e. The molecule has 23 heavy (non-hydrogen) atoms. The van der Waals surface area contributed by atoms with E-state index in [2.05, 4.69) is 0 Å². The van der Waals surface area contributed by atoms with E-state index in [9.17, 15) is 30.3 Å². The first-order valence-corrected chi connectivity index (χ1v) is 6.12. The molecule has 1 heterocycles. The molecule has 1 aromatic heterocycles. The van der Waals surface area contributed by atoms with E-state index in [0.29, 0.717) is 0 Å². The molecular weight excluding hydrogens is 358 g/mol. The quantitative estimate of drug-likeness (QED) is 0.328. The van der Waals surface area contributed by atoms with Crippen molar-refractivity contribution >= 4 is 11.0 Å². The molecule has 0 atom stereocenters. The van der Waals surface area contributed by atoms with Crippen LogP contribution in [0.4, 0.5) is 0 Å². The van der Waals surface area contributed by atoms with Gasteiger partial charge < -0.3 is 29.9 Å². The molecule has 0 aliphatic heterocycles. The van der Waals surface area contributed by atoms with Crippen molar-refractivity contribution in [1.82, 2.24) is 0 Å².